The van der Waals surface area contributed by atoms with Crippen molar-refractivity contribution in [1.82, 2.24) is 5.32 Å². The largest absolute Gasteiger partial charge is 0.497 e. The maximum Gasteiger partial charge on any atom is 0.254 e. The lowest BCUT2D eigenvalue weighted by molar-refractivity contribution is -0.114. The van der Waals surface area contributed by atoms with Gasteiger partial charge in [0.25, 0.3) is 5.91 Å². The molecule has 0 aliphatic carbocycles. The Balaban J connectivity index is 1.54. The molecular formula is C29H28N4O4S. The number of aryl methyl sites for hydroxylation is 1. The molecular weight excluding hydrogens is 500 g/mol. The molecule has 3 aromatic rings. The van der Waals surface area contributed by atoms with Crippen LogP contribution >= 0.6 is 11.8 Å². The summed E-state index contributed by atoms with van der Waals surface area (Å²) in [5.41, 5.74) is 3.72. The van der Waals surface area contributed by atoms with Crippen LogP contribution in [0.25, 0.3) is 0 Å². The third kappa shape index (κ3) is 6.10. The maximum absolute atomic E-state index is 13.5. The first-order valence-electron chi connectivity index (χ1n) is 12.1. The van der Waals surface area contributed by atoms with E-state index in [9.17, 15) is 14.9 Å². The molecule has 0 unspecified atom stereocenters. The van der Waals surface area contributed by atoms with E-state index in [0.717, 1.165) is 6.42 Å². The van der Waals surface area contributed by atoms with Gasteiger partial charge in [-0.25, -0.2) is 0 Å². The molecule has 0 radical (unpaired) electrons. The van der Waals surface area contributed by atoms with E-state index in [1.54, 1.807) is 50.4 Å². The van der Waals surface area contributed by atoms with Gasteiger partial charge in [-0.3, -0.25) is 9.59 Å². The Morgan fingerprint density at radius 1 is 1.08 bits per heavy atom. The van der Waals surface area contributed by atoms with E-state index in [-0.39, 0.29) is 17.6 Å². The maximum atomic E-state index is 13.5. The highest BCUT2D eigenvalue weighted by Crippen LogP contribution is 2.41. The average Bonchev–Trinajstić information content (AvgIpc) is 3.47. The zero-order valence-corrected chi connectivity index (χ0v) is 22.1. The van der Waals surface area contributed by atoms with Crippen molar-refractivity contribution < 1.29 is 18.7 Å². The number of dihydropyridines is 1. The molecule has 1 atom stereocenters. The molecule has 0 bridgehead atoms. The second kappa shape index (κ2) is 12.2. The van der Waals surface area contributed by atoms with Gasteiger partial charge in [-0.1, -0.05) is 30.8 Å². The number of hydrogen-bond donors (Lipinski definition) is 3. The van der Waals surface area contributed by atoms with Crippen molar-refractivity contribution in [3.63, 3.8) is 0 Å². The number of amides is 2. The second-order valence-corrected chi connectivity index (χ2v) is 9.52. The number of rotatable bonds is 9. The van der Waals surface area contributed by atoms with E-state index in [1.165, 1.54) is 23.6 Å². The lowest BCUT2D eigenvalue weighted by Crippen LogP contribution is -2.31. The fourth-order valence-electron chi connectivity index (χ4n) is 4.10. The molecule has 1 aliphatic heterocycles. The molecule has 38 heavy (non-hydrogen) atoms. The van der Waals surface area contributed by atoms with Gasteiger partial charge in [0.1, 0.15) is 11.5 Å². The molecule has 3 N–H and O–H groups in total. The summed E-state index contributed by atoms with van der Waals surface area (Å²) in [7, 11) is 1.58. The summed E-state index contributed by atoms with van der Waals surface area (Å²) in [5.74, 6) is -0.0791. The van der Waals surface area contributed by atoms with Gasteiger partial charge in [0, 0.05) is 17.1 Å². The summed E-state index contributed by atoms with van der Waals surface area (Å²) < 4.78 is 10.8. The summed E-state index contributed by atoms with van der Waals surface area (Å²) in [4.78, 5) is 26.1. The molecule has 4 rings (SSSR count). The summed E-state index contributed by atoms with van der Waals surface area (Å²) in [6, 6.07) is 20.4. The molecule has 0 spiro atoms. The van der Waals surface area contributed by atoms with Crippen LogP contribution in [-0.2, 0) is 16.0 Å². The molecule has 194 valence electrons. The van der Waals surface area contributed by atoms with Gasteiger partial charge in [-0.15, -0.1) is 0 Å². The smallest absolute Gasteiger partial charge is 0.254 e. The highest BCUT2D eigenvalue weighted by atomic mass is 32.2. The highest BCUT2D eigenvalue weighted by molar-refractivity contribution is 8.03. The number of nitrogens with zero attached hydrogens (tertiary/aromatic N) is 1. The standard InChI is InChI=1S/C29H28N4O4S/c1-4-19-7-9-21(10-8-19)33-28(35)26-18(2)31-29(23(16-30)27(26)24-6-5-15-37-24)38-17-25(34)32-20-11-13-22(36-3)14-12-20/h5-15,27,31H,4,17H2,1-3H3,(H,32,34)(H,33,35)/t27-/m0/s1. The predicted molar refractivity (Wildman–Crippen MR) is 148 cm³/mol. The van der Waals surface area contributed by atoms with Crippen LogP contribution in [0.5, 0.6) is 5.75 Å². The van der Waals surface area contributed by atoms with E-state index in [2.05, 4.69) is 28.9 Å². The molecule has 2 amide bonds. The highest BCUT2D eigenvalue weighted by Gasteiger charge is 2.36. The number of carbonyl (C=O) groups excluding carboxylic acids is 2. The van der Waals surface area contributed by atoms with Crippen LogP contribution in [0.3, 0.4) is 0 Å². The fraction of sp³-hybridized carbons (Fsp3) is 0.207. The minimum Gasteiger partial charge on any atom is -0.497 e. The van der Waals surface area contributed by atoms with Crippen molar-refractivity contribution in [2.75, 3.05) is 23.5 Å². The molecule has 2 aromatic carbocycles. The minimum atomic E-state index is -0.724. The second-order valence-electron chi connectivity index (χ2n) is 8.54. The van der Waals surface area contributed by atoms with E-state index in [0.29, 0.717) is 44.8 Å². The Labute approximate surface area is 225 Å². The van der Waals surface area contributed by atoms with Crippen LogP contribution < -0.4 is 20.7 Å². The third-order valence-electron chi connectivity index (χ3n) is 6.06. The Bertz CT molecular complexity index is 1400. The number of anilines is 2. The topological polar surface area (TPSA) is 116 Å². The summed E-state index contributed by atoms with van der Waals surface area (Å²) >= 11 is 1.19. The SMILES string of the molecule is CCc1ccc(NC(=O)C2=C(C)NC(SCC(=O)Nc3ccc(OC)cc3)=C(C#N)[C@H]2c2ccco2)cc1. The quantitative estimate of drug-likeness (QED) is 0.333. The first-order valence-corrected chi connectivity index (χ1v) is 13.0. The van der Waals surface area contributed by atoms with Gasteiger partial charge in [0.2, 0.25) is 5.91 Å². The normalized spacial score (nSPS) is 14.9. The molecule has 8 nitrogen and oxygen atoms in total. The van der Waals surface area contributed by atoms with Gasteiger partial charge < -0.3 is 25.1 Å². The van der Waals surface area contributed by atoms with Crippen molar-refractivity contribution in [3.05, 3.63) is 100 Å². The van der Waals surface area contributed by atoms with Crippen LogP contribution in [0, 0.1) is 11.3 Å². The van der Waals surface area contributed by atoms with Crippen molar-refractivity contribution in [2.45, 2.75) is 26.2 Å². The van der Waals surface area contributed by atoms with E-state index >= 15 is 0 Å². The number of benzene rings is 2. The first kappa shape index (κ1) is 26.6. The van der Waals surface area contributed by atoms with Crippen molar-refractivity contribution >= 4 is 35.0 Å². The Morgan fingerprint density at radius 3 is 2.37 bits per heavy atom. The van der Waals surface area contributed by atoms with E-state index in [1.807, 2.05) is 24.3 Å². The van der Waals surface area contributed by atoms with Gasteiger partial charge in [0.15, 0.2) is 0 Å². The lowest BCUT2D eigenvalue weighted by Gasteiger charge is -2.28. The zero-order valence-electron chi connectivity index (χ0n) is 21.3. The fourth-order valence-corrected chi connectivity index (χ4v) is 4.99. The number of furan rings is 1. The van der Waals surface area contributed by atoms with Gasteiger partial charge in [-0.05, 0) is 67.4 Å². The summed E-state index contributed by atoms with van der Waals surface area (Å²) in [6.07, 6.45) is 2.41. The molecule has 1 aliphatic rings. The van der Waals surface area contributed by atoms with Crippen LogP contribution in [0.1, 0.15) is 31.1 Å². The van der Waals surface area contributed by atoms with Crippen LogP contribution in [-0.4, -0.2) is 24.7 Å². The molecule has 0 fully saturated rings. The molecule has 0 saturated carbocycles. The molecule has 9 heteroatoms. The minimum absolute atomic E-state index is 0.0585. The Hall–Kier alpha value is -4.42. The Morgan fingerprint density at radius 2 is 1.76 bits per heavy atom. The van der Waals surface area contributed by atoms with Crippen molar-refractivity contribution in [2.24, 2.45) is 0 Å². The molecule has 1 aromatic heterocycles. The van der Waals surface area contributed by atoms with Crippen molar-refractivity contribution in [1.29, 1.82) is 5.26 Å². The number of hydrogen-bond acceptors (Lipinski definition) is 7. The monoisotopic (exact) mass is 528 g/mol. The number of nitriles is 1. The Kier molecular flexibility index (Phi) is 8.56. The van der Waals surface area contributed by atoms with E-state index in [4.69, 9.17) is 9.15 Å². The lowest BCUT2D eigenvalue weighted by atomic mass is 9.85. The molecule has 2 heterocycles. The number of carbonyl (C=O) groups is 2. The van der Waals surface area contributed by atoms with Crippen LogP contribution in [0.15, 0.2) is 93.2 Å². The zero-order chi connectivity index (χ0) is 27.1. The van der Waals surface area contributed by atoms with Crippen LogP contribution in [0.2, 0.25) is 0 Å². The molecule has 0 saturated heterocycles. The van der Waals surface area contributed by atoms with E-state index < -0.39 is 5.92 Å². The number of thioether (sulfide) groups is 1. The van der Waals surface area contributed by atoms with Crippen LogP contribution in [0.4, 0.5) is 11.4 Å². The van der Waals surface area contributed by atoms with Gasteiger partial charge >= 0.3 is 0 Å². The summed E-state index contributed by atoms with van der Waals surface area (Å²) in [6.45, 7) is 3.84. The first-order chi connectivity index (χ1) is 18.4. The number of methoxy groups -OCH3 is 1. The predicted octanol–water partition coefficient (Wildman–Crippen LogP) is 5.56. The van der Waals surface area contributed by atoms with Gasteiger partial charge in [-0.2, -0.15) is 5.26 Å². The number of nitrogens with one attached hydrogen (secondary N) is 3. The van der Waals surface area contributed by atoms with Crippen molar-refractivity contribution in [3.8, 4) is 11.8 Å². The summed E-state index contributed by atoms with van der Waals surface area (Å²) in [5, 5.41) is 19.6. The number of allylic oxidation sites excluding steroid dienone is 2. The third-order valence-corrected chi connectivity index (χ3v) is 7.08. The average molecular weight is 529 g/mol. The van der Waals surface area contributed by atoms with Gasteiger partial charge in [0.05, 0.1) is 47.3 Å². The number of ether oxygens (including phenoxy) is 1.